The van der Waals surface area contributed by atoms with Gasteiger partial charge in [0.1, 0.15) is 0 Å². The first-order valence-electron chi connectivity index (χ1n) is 5.80. The molecule has 0 bridgehead atoms. The lowest BCUT2D eigenvalue weighted by Gasteiger charge is -2.27. The standard InChI is InChI=1S/C12H27N/c1-6-7-8-9-11(4)12(13-5)10(2)3/h10-13H,6-9H2,1-5H3. The molecule has 0 saturated heterocycles. The predicted molar refractivity (Wildman–Crippen MR) is 61.0 cm³/mol. The molecule has 0 rings (SSSR count). The molecule has 0 aromatic heterocycles. The SMILES string of the molecule is CCCCCC(C)C(NC)C(C)C. The van der Waals surface area contributed by atoms with Gasteiger partial charge in [-0.15, -0.1) is 0 Å². The second-order valence-corrected chi connectivity index (χ2v) is 4.53. The molecule has 0 aliphatic carbocycles. The third kappa shape index (κ3) is 5.30. The molecular formula is C12H27N. The van der Waals surface area contributed by atoms with Gasteiger partial charge in [-0.25, -0.2) is 0 Å². The molecule has 0 saturated carbocycles. The molecule has 2 unspecified atom stereocenters. The molecule has 80 valence electrons. The van der Waals surface area contributed by atoms with Crippen LogP contribution in [0.2, 0.25) is 0 Å². The summed E-state index contributed by atoms with van der Waals surface area (Å²) in [6.07, 6.45) is 5.48. The van der Waals surface area contributed by atoms with Crippen LogP contribution in [0.5, 0.6) is 0 Å². The van der Waals surface area contributed by atoms with Crippen LogP contribution in [0, 0.1) is 11.8 Å². The minimum Gasteiger partial charge on any atom is -0.316 e. The summed E-state index contributed by atoms with van der Waals surface area (Å²) in [4.78, 5) is 0. The molecule has 0 spiro atoms. The number of rotatable bonds is 7. The lowest BCUT2D eigenvalue weighted by Crippen LogP contribution is -2.36. The van der Waals surface area contributed by atoms with Crippen LogP contribution in [-0.4, -0.2) is 13.1 Å². The average Bonchev–Trinajstić information content (AvgIpc) is 2.05. The minimum absolute atomic E-state index is 0.692. The third-order valence-electron chi connectivity index (χ3n) is 2.93. The molecule has 0 aliphatic heterocycles. The zero-order valence-corrected chi connectivity index (χ0v) is 10.1. The first-order valence-corrected chi connectivity index (χ1v) is 5.80. The van der Waals surface area contributed by atoms with E-state index in [-0.39, 0.29) is 0 Å². The molecular weight excluding hydrogens is 158 g/mol. The van der Waals surface area contributed by atoms with Gasteiger partial charge in [0.25, 0.3) is 0 Å². The van der Waals surface area contributed by atoms with Gasteiger partial charge >= 0.3 is 0 Å². The van der Waals surface area contributed by atoms with E-state index in [0.717, 1.165) is 11.8 Å². The number of hydrogen-bond donors (Lipinski definition) is 1. The molecule has 13 heavy (non-hydrogen) atoms. The lowest BCUT2D eigenvalue weighted by atomic mass is 9.88. The largest absolute Gasteiger partial charge is 0.316 e. The van der Waals surface area contributed by atoms with E-state index in [9.17, 15) is 0 Å². The molecule has 0 radical (unpaired) electrons. The zero-order valence-electron chi connectivity index (χ0n) is 10.1. The molecule has 0 amide bonds. The van der Waals surface area contributed by atoms with E-state index in [1.54, 1.807) is 0 Å². The summed E-state index contributed by atoms with van der Waals surface area (Å²) >= 11 is 0. The van der Waals surface area contributed by atoms with Crippen LogP contribution in [-0.2, 0) is 0 Å². The highest BCUT2D eigenvalue weighted by Gasteiger charge is 2.17. The molecule has 0 aromatic carbocycles. The second kappa shape index (κ2) is 7.37. The van der Waals surface area contributed by atoms with Crippen LogP contribution >= 0.6 is 0 Å². The van der Waals surface area contributed by atoms with Gasteiger partial charge in [-0.3, -0.25) is 0 Å². The first kappa shape index (κ1) is 13.0. The Bertz CT molecular complexity index is 110. The van der Waals surface area contributed by atoms with Crippen molar-refractivity contribution in [3.63, 3.8) is 0 Å². The van der Waals surface area contributed by atoms with Crippen molar-refractivity contribution in [2.45, 2.75) is 59.4 Å². The number of unbranched alkanes of at least 4 members (excludes halogenated alkanes) is 2. The summed E-state index contributed by atoms with van der Waals surface area (Å²) in [6.45, 7) is 9.24. The number of nitrogens with one attached hydrogen (secondary N) is 1. The Morgan fingerprint density at radius 1 is 1.08 bits per heavy atom. The molecule has 1 N–H and O–H groups in total. The van der Waals surface area contributed by atoms with Crippen LogP contribution in [0.4, 0.5) is 0 Å². The van der Waals surface area contributed by atoms with Crippen LogP contribution in [0.1, 0.15) is 53.4 Å². The maximum atomic E-state index is 3.43. The van der Waals surface area contributed by atoms with Crippen LogP contribution in [0.3, 0.4) is 0 Å². The summed E-state index contributed by atoms with van der Waals surface area (Å²) in [6, 6.07) is 0.692. The quantitative estimate of drug-likeness (QED) is 0.599. The Morgan fingerprint density at radius 3 is 2.08 bits per heavy atom. The molecule has 1 heteroatoms. The summed E-state index contributed by atoms with van der Waals surface area (Å²) in [5.41, 5.74) is 0. The first-order chi connectivity index (χ1) is 6.13. The monoisotopic (exact) mass is 185 g/mol. The van der Waals surface area contributed by atoms with Gasteiger partial charge in [-0.1, -0.05) is 47.0 Å². The fourth-order valence-electron chi connectivity index (χ4n) is 2.17. The second-order valence-electron chi connectivity index (χ2n) is 4.53. The fraction of sp³-hybridized carbons (Fsp3) is 1.00. The Morgan fingerprint density at radius 2 is 1.69 bits per heavy atom. The van der Waals surface area contributed by atoms with Crippen LogP contribution in [0.15, 0.2) is 0 Å². The Labute approximate surface area is 84.3 Å². The molecule has 0 aliphatic rings. The molecule has 0 fully saturated rings. The van der Waals surface area contributed by atoms with Gasteiger partial charge in [0, 0.05) is 6.04 Å². The summed E-state index contributed by atoms with van der Waals surface area (Å²) in [5, 5.41) is 3.43. The van der Waals surface area contributed by atoms with Crippen molar-refractivity contribution in [1.29, 1.82) is 0 Å². The minimum atomic E-state index is 0.692. The number of hydrogen-bond acceptors (Lipinski definition) is 1. The fourth-order valence-corrected chi connectivity index (χ4v) is 2.17. The van der Waals surface area contributed by atoms with Crippen molar-refractivity contribution < 1.29 is 0 Å². The van der Waals surface area contributed by atoms with Gasteiger partial charge in [0.15, 0.2) is 0 Å². The normalized spacial score (nSPS) is 16.2. The van der Waals surface area contributed by atoms with Gasteiger partial charge in [-0.05, 0) is 25.3 Å². The van der Waals surface area contributed by atoms with Crippen molar-refractivity contribution in [1.82, 2.24) is 5.32 Å². The molecule has 0 heterocycles. The van der Waals surface area contributed by atoms with Gasteiger partial charge < -0.3 is 5.32 Å². The molecule has 2 atom stereocenters. The van der Waals surface area contributed by atoms with E-state index in [2.05, 4.69) is 40.1 Å². The van der Waals surface area contributed by atoms with Gasteiger partial charge in [0.05, 0.1) is 0 Å². The Balaban J connectivity index is 3.70. The Hall–Kier alpha value is -0.0400. The van der Waals surface area contributed by atoms with E-state index >= 15 is 0 Å². The third-order valence-corrected chi connectivity index (χ3v) is 2.93. The van der Waals surface area contributed by atoms with E-state index in [0.29, 0.717) is 6.04 Å². The highest BCUT2D eigenvalue weighted by Crippen LogP contribution is 2.18. The molecule has 0 aromatic rings. The summed E-state index contributed by atoms with van der Waals surface area (Å²) in [7, 11) is 2.08. The maximum absolute atomic E-state index is 3.43. The summed E-state index contributed by atoms with van der Waals surface area (Å²) in [5.74, 6) is 1.57. The topological polar surface area (TPSA) is 12.0 Å². The van der Waals surface area contributed by atoms with Crippen molar-refractivity contribution in [2.24, 2.45) is 11.8 Å². The van der Waals surface area contributed by atoms with Gasteiger partial charge in [0.2, 0.25) is 0 Å². The van der Waals surface area contributed by atoms with Crippen LogP contribution < -0.4 is 5.32 Å². The smallest absolute Gasteiger partial charge is 0.0113 e. The predicted octanol–water partition coefficient (Wildman–Crippen LogP) is 3.45. The molecule has 1 nitrogen and oxygen atoms in total. The highest BCUT2D eigenvalue weighted by molar-refractivity contribution is 4.74. The van der Waals surface area contributed by atoms with Crippen molar-refractivity contribution in [3.05, 3.63) is 0 Å². The van der Waals surface area contributed by atoms with E-state index in [4.69, 9.17) is 0 Å². The maximum Gasteiger partial charge on any atom is 0.0113 e. The highest BCUT2D eigenvalue weighted by atomic mass is 14.9. The zero-order chi connectivity index (χ0) is 10.3. The van der Waals surface area contributed by atoms with Gasteiger partial charge in [-0.2, -0.15) is 0 Å². The van der Waals surface area contributed by atoms with E-state index in [1.165, 1.54) is 25.7 Å². The average molecular weight is 185 g/mol. The van der Waals surface area contributed by atoms with Crippen LogP contribution in [0.25, 0.3) is 0 Å². The summed E-state index contributed by atoms with van der Waals surface area (Å²) < 4.78 is 0. The van der Waals surface area contributed by atoms with Crippen molar-refractivity contribution in [3.8, 4) is 0 Å². The lowest BCUT2D eigenvalue weighted by molar-refractivity contribution is 0.295. The Kier molecular flexibility index (Phi) is 7.35. The van der Waals surface area contributed by atoms with Crippen molar-refractivity contribution in [2.75, 3.05) is 7.05 Å². The van der Waals surface area contributed by atoms with Crippen molar-refractivity contribution >= 4 is 0 Å². The van der Waals surface area contributed by atoms with E-state index < -0.39 is 0 Å². The van der Waals surface area contributed by atoms with E-state index in [1.807, 2.05) is 0 Å².